The fourth-order valence-corrected chi connectivity index (χ4v) is 19.6. The van der Waals surface area contributed by atoms with Crippen LogP contribution in [0.3, 0.4) is 0 Å². The van der Waals surface area contributed by atoms with Crippen molar-refractivity contribution in [2.24, 2.45) is 0 Å². The summed E-state index contributed by atoms with van der Waals surface area (Å²) >= 11 is 2.45. The maximum Gasteiger partial charge on any atom is 0.136 e. The number of benzene rings is 3. The Balaban J connectivity index is 1.10. The van der Waals surface area contributed by atoms with E-state index in [0.29, 0.717) is 22.3 Å². The summed E-state index contributed by atoms with van der Waals surface area (Å²) in [5.41, 5.74) is 8.06. The van der Waals surface area contributed by atoms with Gasteiger partial charge in [-0.05, 0) is 48.9 Å². The molecule has 0 amide bonds. The number of unbranched alkanes of at least 4 members (excludes halogenated alkanes) is 60. The molecule has 2 aliphatic rings. The molecule has 5 aromatic rings. The third-order valence-corrected chi connectivity index (χ3v) is 25.6. The number of hydrogen-bond donors (Lipinski definition) is 0. The van der Waals surface area contributed by atoms with Gasteiger partial charge in [-0.15, -0.1) is 0 Å². The summed E-state index contributed by atoms with van der Waals surface area (Å²) in [6, 6.07) is 8.81. The number of halogens is 2. The van der Waals surface area contributed by atoms with Gasteiger partial charge < -0.3 is 0 Å². The molecule has 7 rings (SSSR count). The first-order chi connectivity index (χ1) is 49.5. The molecule has 2 aromatic heterocycles. The van der Waals surface area contributed by atoms with Crippen LogP contribution >= 0.6 is 23.5 Å². The number of fused-ring (bicyclic) bond motifs is 10. The van der Waals surface area contributed by atoms with Crippen molar-refractivity contribution in [3.63, 3.8) is 0 Å². The molecule has 566 valence electrons. The zero-order chi connectivity index (χ0) is 70.2. The molecule has 0 radical (unpaired) electrons. The van der Waals surface area contributed by atoms with Crippen LogP contribution in [-0.4, -0.2) is 17.5 Å². The second kappa shape index (κ2) is 52.2. The summed E-state index contributed by atoms with van der Waals surface area (Å²) in [6.45, 7) is 9.23. The summed E-state index contributed by atoms with van der Waals surface area (Å²) in [6.07, 6.45) is 87.6. The minimum absolute atomic E-state index is 0.172. The Labute approximate surface area is 623 Å². The highest BCUT2D eigenvalue weighted by atomic mass is 32.1. The molecule has 0 aliphatic heterocycles. The predicted octanol–water partition coefficient (Wildman–Crippen LogP) is 33.1. The summed E-state index contributed by atoms with van der Waals surface area (Å²) in [5, 5.41) is 0. The van der Waals surface area contributed by atoms with Crippen molar-refractivity contribution >= 4 is 45.5 Å². The molecule has 0 saturated carbocycles. The molecule has 0 bridgehead atoms. The maximum absolute atomic E-state index is 19.9. The van der Waals surface area contributed by atoms with Gasteiger partial charge in [0.2, 0.25) is 0 Å². The van der Waals surface area contributed by atoms with Crippen LogP contribution in [0.4, 0.5) is 8.78 Å². The van der Waals surface area contributed by atoms with E-state index in [1.165, 1.54) is 383 Å². The van der Waals surface area contributed by atoms with Crippen molar-refractivity contribution in [1.82, 2.24) is 17.5 Å². The molecule has 2 heterocycles. The van der Waals surface area contributed by atoms with Crippen LogP contribution in [0.15, 0.2) is 24.3 Å². The van der Waals surface area contributed by atoms with E-state index in [-0.39, 0.29) is 11.6 Å². The summed E-state index contributed by atoms with van der Waals surface area (Å²) in [7, 11) is 0. The van der Waals surface area contributed by atoms with Crippen molar-refractivity contribution < 1.29 is 8.78 Å². The average Bonchev–Trinajstić information content (AvgIpc) is 1.50. The van der Waals surface area contributed by atoms with Crippen LogP contribution in [0.1, 0.15) is 487 Å². The topological polar surface area (TPSA) is 51.6 Å². The molecule has 3 aromatic carbocycles. The zero-order valence-corrected chi connectivity index (χ0v) is 67.4. The quantitative estimate of drug-likeness (QED) is 0.0364. The number of aromatic nitrogens is 4. The normalized spacial score (nSPS) is 13.6. The molecule has 0 N–H and O–H groups in total. The van der Waals surface area contributed by atoms with Gasteiger partial charge in [0.25, 0.3) is 0 Å². The van der Waals surface area contributed by atoms with Gasteiger partial charge in [0.05, 0.1) is 23.5 Å². The molecule has 100 heavy (non-hydrogen) atoms. The van der Waals surface area contributed by atoms with Crippen LogP contribution in [0, 0.1) is 11.6 Å². The predicted molar refractivity (Wildman–Crippen MR) is 437 cm³/mol. The van der Waals surface area contributed by atoms with Gasteiger partial charge in [-0.1, -0.05) is 451 Å². The van der Waals surface area contributed by atoms with Crippen LogP contribution in [-0.2, 0) is 10.8 Å². The maximum atomic E-state index is 19.9. The van der Waals surface area contributed by atoms with Gasteiger partial charge in [0.15, 0.2) is 0 Å². The first-order valence-corrected chi connectivity index (χ1v) is 46.0. The Morgan fingerprint density at radius 1 is 0.230 bits per heavy atom. The smallest absolute Gasteiger partial charge is 0.136 e. The van der Waals surface area contributed by atoms with E-state index in [9.17, 15) is 0 Å². The molecule has 0 atom stereocenters. The van der Waals surface area contributed by atoms with E-state index in [4.69, 9.17) is 17.5 Å². The molecule has 0 unspecified atom stereocenters. The SMILES string of the molecule is CCCCCCCCCCCCCCCCCCC1(CCCCCCCCCCCCCCCCCC)c2ccc3nsnc3c2-c2c(F)c3c(c(F)c21)-c1c(ccc2nsnc12)C3(CCCCCCCCCCCCCCCCCC)CCCCCCCCCCCCCCCCCC. The van der Waals surface area contributed by atoms with Gasteiger partial charge in [0, 0.05) is 44.2 Å². The van der Waals surface area contributed by atoms with Crippen molar-refractivity contribution in [2.75, 3.05) is 0 Å². The fourth-order valence-electron chi connectivity index (χ4n) is 18.5. The van der Waals surface area contributed by atoms with Gasteiger partial charge in [-0.25, -0.2) is 8.78 Å². The number of rotatable bonds is 68. The molecular formula is C92H152F2N4S2. The summed E-state index contributed by atoms with van der Waals surface area (Å²) in [4.78, 5) is 0. The molecule has 8 heteroatoms. The van der Waals surface area contributed by atoms with Gasteiger partial charge in [-0.3, -0.25) is 0 Å². The second-order valence-corrected chi connectivity index (χ2v) is 33.8. The van der Waals surface area contributed by atoms with E-state index in [2.05, 4.69) is 52.0 Å². The third kappa shape index (κ3) is 27.5. The Kier molecular flexibility index (Phi) is 44.1. The number of hydrogen-bond acceptors (Lipinski definition) is 6. The van der Waals surface area contributed by atoms with Crippen molar-refractivity contribution in [2.45, 2.75) is 475 Å². The lowest BCUT2D eigenvalue weighted by Gasteiger charge is -2.35. The lowest BCUT2D eigenvalue weighted by Crippen LogP contribution is -2.29. The van der Waals surface area contributed by atoms with Crippen LogP contribution in [0.2, 0.25) is 0 Å². The standard InChI is InChI=1S/C92H152F2N4S2/c1-5-9-13-17-21-25-29-33-37-41-45-49-53-57-61-65-73-91(74-66-62-58-54-50-46-42-38-34-30-26-22-18-14-10-6-2)77-69-71-79-89(97-99-95-79)81(77)83-85(91)87(93)84-82-78(70-72-80-90(82)98-100-96-80)92(86(84)88(83)94,75-67-63-59-55-51-47-43-39-35-31-27-23-19-15-11-7-3)76-68-64-60-56-52-48-44-40-36-32-28-24-20-16-12-8-4/h69-72H,5-68,73-76H2,1-4H3. The summed E-state index contributed by atoms with van der Waals surface area (Å²) in [5.74, 6) is -0.344. The Hall–Kier alpha value is -2.84. The average molecular weight is 1420 g/mol. The number of nitrogens with zero attached hydrogens (tertiary/aromatic N) is 4. The Morgan fingerprint density at radius 2 is 0.410 bits per heavy atom. The Morgan fingerprint density at radius 3 is 0.600 bits per heavy atom. The van der Waals surface area contributed by atoms with E-state index in [0.717, 1.165) is 121 Å². The highest BCUT2D eigenvalue weighted by Crippen LogP contribution is 2.65. The second-order valence-electron chi connectivity index (χ2n) is 32.7. The van der Waals surface area contributed by atoms with Crippen molar-refractivity contribution in [1.29, 1.82) is 0 Å². The molecular weight excluding hydrogens is 1260 g/mol. The molecule has 0 spiro atoms. The Bertz CT molecular complexity index is 2600. The van der Waals surface area contributed by atoms with E-state index >= 15 is 8.78 Å². The van der Waals surface area contributed by atoms with Crippen LogP contribution in [0.5, 0.6) is 0 Å². The summed E-state index contributed by atoms with van der Waals surface area (Å²) < 4.78 is 59.7. The highest BCUT2D eigenvalue weighted by Gasteiger charge is 2.54. The zero-order valence-electron chi connectivity index (χ0n) is 65.8. The first kappa shape index (κ1) is 84.4. The van der Waals surface area contributed by atoms with E-state index < -0.39 is 10.8 Å². The van der Waals surface area contributed by atoms with Crippen molar-refractivity contribution in [3.8, 4) is 22.3 Å². The molecule has 0 fully saturated rings. The first-order valence-electron chi connectivity index (χ1n) is 44.6. The minimum Gasteiger partial charge on any atom is -0.206 e. The van der Waals surface area contributed by atoms with Gasteiger partial charge >= 0.3 is 0 Å². The highest BCUT2D eigenvalue weighted by molar-refractivity contribution is 7.00. The van der Waals surface area contributed by atoms with Gasteiger partial charge in [0.1, 0.15) is 33.7 Å². The van der Waals surface area contributed by atoms with Crippen LogP contribution < -0.4 is 0 Å². The fraction of sp³-hybridized carbons (Fsp3) is 0.804. The molecule has 0 saturated heterocycles. The van der Waals surface area contributed by atoms with Gasteiger partial charge in [-0.2, -0.15) is 17.5 Å². The van der Waals surface area contributed by atoms with Crippen molar-refractivity contribution in [3.05, 3.63) is 58.2 Å². The molecule has 4 nitrogen and oxygen atoms in total. The molecule has 2 aliphatic carbocycles. The van der Waals surface area contributed by atoms with E-state index in [1.807, 2.05) is 0 Å². The lowest BCUT2D eigenvalue weighted by atomic mass is 9.68. The third-order valence-electron chi connectivity index (χ3n) is 24.6. The largest absolute Gasteiger partial charge is 0.206 e. The lowest BCUT2D eigenvalue weighted by molar-refractivity contribution is 0.374. The monoisotopic (exact) mass is 1420 g/mol. The van der Waals surface area contributed by atoms with E-state index in [1.54, 1.807) is 0 Å². The van der Waals surface area contributed by atoms with Crippen LogP contribution in [0.25, 0.3) is 44.3 Å². The minimum atomic E-state index is -0.671.